The van der Waals surface area contributed by atoms with E-state index in [1.807, 2.05) is 0 Å². The lowest BCUT2D eigenvalue weighted by molar-refractivity contribution is -0.384. The van der Waals surface area contributed by atoms with E-state index in [4.69, 9.17) is 15.3 Å². The summed E-state index contributed by atoms with van der Waals surface area (Å²) < 4.78 is 0. The van der Waals surface area contributed by atoms with Gasteiger partial charge in [-0.1, -0.05) is 84.0 Å². The quantitative estimate of drug-likeness (QED) is 0.146. The number of nitro benzene ring substituents is 1. The topological polar surface area (TPSA) is 121 Å². The fourth-order valence-electron chi connectivity index (χ4n) is 2.87. The van der Waals surface area contributed by atoms with E-state index in [1.54, 1.807) is 13.8 Å². The van der Waals surface area contributed by atoms with Crippen molar-refractivity contribution < 1.29 is 25.0 Å². The standard InChI is InChI=1S/C16H32O2.C6H5NO3.C3H8O/c1-2-3-4-5-6-7-8-9-10-11-12-13-14-15-16(17)18;8-6-3-1-5(2-4-6)7(9)10;1-3(2)4/h2-15H2,1H3,(H,17,18);1-4,8H;3-4H,1-2H3. The maximum Gasteiger partial charge on any atom is 0.303 e. The molecule has 0 amide bonds. The predicted octanol–water partition coefficient (Wildman–Crippen LogP) is 7.24. The van der Waals surface area contributed by atoms with Crippen molar-refractivity contribution in [3.05, 3.63) is 34.4 Å². The van der Waals surface area contributed by atoms with Gasteiger partial charge in [0.1, 0.15) is 5.75 Å². The molecule has 0 heterocycles. The molecule has 1 rings (SSSR count). The molecular formula is C25H45NO6. The first-order valence-corrected chi connectivity index (χ1v) is 12.0. The molecule has 0 atom stereocenters. The maximum absolute atomic E-state index is 10.3. The summed E-state index contributed by atoms with van der Waals surface area (Å²) in [5, 5.41) is 35.3. The second-order valence-electron chi connectivity index (χ2n) is 8.25. The molecule has 0 saturated carbocycles. The van der Waals surface area contributed by atoms with Crippen LogP contribution in [0.15, 0.2) is 24.3 Å². The van der Waals surface area contributed by atoms with Crippen molar-refractivity contribution in [3.63, 3.8) is 0 Å². The molecule has 0 unspecified atom stereocenters. The molecule has 0 bridgehead atoms. The molecule has 0 aliphatic carbocycles. The fourth-order valence-corrected chi connectivity index (χ4v) is 2.87. The van der Waals surface area contributed by atoms with Gasteiger partial charge in [-0.05, 0) is 32.4 Å². The van der Waals surface area contributed by atoms with Crippen LogP contribution in [0.5, 0.6) is 5.75 Å². The molecule has 0 radical (unpaired) electrons. The Morgan fingerprint density at radius 2 is 1.19 bits per heavy atom. The largest absolute Gasteiger partial charge is 0.508 e. The number of nitro groups is 1. The average molecular weight is 456 g/mol. The number of hydrogen-bond acceptors (Lipinski definition) is 5. The van der Waals surface area contributed by atoms with Gasteiger partial charge in [-0.3, -0.25) is 14.9 Å². The number of aliphatic hydroxyl groups excluding tert-OH is 1. The Kier molecular flexibility index (Phi) is 23.5. The van der Waals surface area contributed by atoms with E-state index in [-0.39, 0.29) is 17.5 Å². The number of phenols is 1. The third-order valence-corrected chi connectivity index (χ3v) is 4.55. The molecule has 0 fully saturated rings. The molecule has 0 spiro atoms. The molecule has 32 heavy (non-hydrogen) atoms. The summed E-state index contributed by atoms with van der Waals surface area (Å²) in [4.78, 5) is 19.8. The van der Waals surface area contributed by atoms with Crippen LogP contribution in [0.2, 0.25) is 0 Å². The van der Waals surface area contributed by atoms with Crippen molar-refractivity contribution in [1.82, 2.24) is 0 Å². The Labute approximate surface area is 194 Å². The summed E-state index contributed by atoms with van der Waals surface area (Å²) >= 11 is 0. The third kappa shape index (κ3) is 27.8. The van der Waals surface area contributed by atoms with Gasteiger partial charge in [0.2, 0.25) is 0 Å². The molecular weight excluding hydrogens is 410 g/mol. The Balaban J connectivity index is 0. The minimum Gasteiger partial charge on any atom is -0.508 e. The van der Waals surface area contributed by atoms with Crippen LogP contribution in [-0.4, -0.2) is 32.3 Å². The SMILES string of the molecule is CC(C)O.CCCCCCCCCCCCCCCC(=O)O.O=[N+]([O-])c1ccc(O)cc1. The van der Waals surface area contributed by atoms with Crippen molar-refractivity contribution in [1.29, 1.82) is 0 Å². The molecule has 7 nitrogen and oxygen atoms in total. The number of aliphatic hydroxyl groups is 1. The smallest absolute Gasteiger partial charge is 0.303 e. The van der Waals surface area contributed by atoms with Crippen LogP contribution in [0.25, 0.3) is 0 Å². The number of carbonyl (C=O) groups is 1. The monoisotopic (exact) mass is 455 g/mol. The van der Waals surface area contributed by atoms with Gasteiger partial charge in [0.05, 0.1) is 4.92 Å². The van der Waals surface area contributed by atoms with Crippen molar-refractivity contribution in [2.75, 3.05) is 0 Å². The van der Waals surface area contributed by atoms with Gasteiger partial charge in [-0.2, -0.15) is 0 Å². The Morgan fingerprint density at radius 3 is 1.50 bits per heavy atom. The first kappa shape index (κ1) is 32.0. The van der Waals surface area contributed by atoms with E-state index in [0.29, 0.717) is 6.42 Å². The lowest BCUT2D eigenvalue weighted by Crippen LogP contribution is -1.93. The lowest BCUT2D eigenvalue weighted by atomic mass is 10.0. The zero-order chi connectivity index (χ0) is 24.6. The highest BCUT2D eigenvalue weighted by Gasteiger charge is 2.01. The number of non-ortho nitro benzene ring substituents is 1. The summed E-state index contributed by atoms with van der Waals surface area (Å²) in [5.74, 6) is -0.622. The first-order valence-electron chi connectivity index (χ1n) is 12.0. The summed E-state index contributed by atoms with van der Waals surface area (Å²) in [6.07, 6.45) is 17.1. The number of benzene rings is 1. The number of unbranched alkanes of at least 4 members (excludes halogenated alkanes) is 12. The molecule has 0 aliphatic rings. The number of aliphatic carboxylic acids is 1. The maximum atomic E-state index is 10.3. The fraction of sp³-hybridized carbons (Fsp3) is 0.720. The molecule has 0 aromatic heterocycles. The second kappa shape index (κ2) is 23.5. The number of carboxylic acids is 1. The highest BCUT2D eigenvalue weighted by Crippen LogP contribution is 2.15. The van der Waals surface area contributed by atoms with Gasteiger partial charge < -0.3 is 15.3 Å². The number of hydrogen-bond donors (Lipinski definition) is 3. The zero-order valence-corrected chi connectivity index (χ0v) is 20.3. The number of aromatic hydroxyl groups is 1. The Morgan fingerprint density at radius 1 is 0.844 bits per heavy atom. The summed E-state index contributed by atoms with van der Waals surface area (Å²) in [7, 11) is 0. The number of nitrogens with zero attached hydrogens (tertiary/aromatic N) is 1. The van der Waals surface area contributed by atoms with Gasteiger partial charge in [-0.15, -0.1) is 0 Å². The lowest BCUT2D eigenvalue weighted by Gasteiger charge is -2.02. The molecule has 1 aromatic carbocycles. The van der Waals surface area contributed by atoms with Gasteiger partial charge >= 0.3 is 5.97 Å². The van der Waals surface area contributed by atoms with E-state index in [0.717, 1.165) is 12.8 Å². The second-order valence-corrected chi connectivity index (χ2v) is 8.25. The van der Waals surface area contributed by atoms with E-state index in [9.17, 15) is 14.9 Å². The zero-order valence-electron chi connectivity index (χ0n) is 20.3. The van der Waals surface area contributed by atoms with E-state index in [1.165, 1.54) is 94.9 Å². The predicted molar refractivity (Wildman–Crippen MR) is 130 cm³/mol. The molecule has 1 aromatic rings. The van der Waals surface area contributed by atoms with Crippen LogP contribution in [0, 0.1) is 10.1 Å². The van der Waals surface area contributed by atoms with Gasteiger partial charge in [0, 0.05) is 24.7 Å². The van der Waals surface area contributed by atoms with Crippen LogP contribution in [0.3, 0.4) is 0 Å². The molecule has 0 aliphatic heterocycles. The van der Waals surface area contributed by atoms with E-state index in [2.05, 4.69) is 6.92 Å². The normalized spacial score (nSPS) is 10.0. The third-order valence-electron chi connectivity index (χ3n) is 4.55. The van der Waals surface area contributed by atoms with Crippen LogP contribution in [0.1, 0.15) is 111 Å². The summed E-state index contributed by atoms with van der Waals surface area (Å²) in [6, 6.07) is 5.04. The van der Waals surface area contributed by atoms with Crippen molar-refractivity contribution in [3.8, 4) is 5.75 Å². The van der Waals surface area contributed by atoms with E-state index >= 15 is 0 Å². The minimum atomic E-state index is -0.655. The van der Waals surface area contributed by atoms with Crippen molar-refractivity contribution in [2.45, 2.75) is 117 Å². The highest BCUT2D eigenvalue weighted by atomic mass is 16.6. The molecule has 7 heteroatoms. The van der Waals surface area contributed by atoms with E-state index < -0.39 is 10.9 Å². The highest BCUT2D eigenvalue weighted by molar-refractivity contribution is 5.66. The number of carboxylic acid groups (broad SMARTS) is 1. The average Bonchev–Trinajstić information content (AvgIpc) is 2.71. The first-order chi connectivity index (χ1) is 15.2. The molecule has 186 valence electrons. The van der Waals surface area contributed by atoms with Crippen LogP contribution in [-0.2, 0) is 4.79 Å². The van der Waals surface area contributed by atoms with Gasteiger partial charge in [0.25, 0.3) is 5.69 Å². The van der Waals surface area contributed by atoms with Crippen LogP contribution in [0.4, 0.5) is 5.69 Å². The van der Waals surface area contributed by atoms with Crippen molar-refractivity contribution >= 4 is 11.7 Å². The van der Waals surface area contributed by atoms with Gasteiger partial charge in [-0.25, -0.2) is 0 Å². The number of rotatable bonds is 15. The number of phenolic OH excluding ortho intramolecular Hbond substituents is 1. The van der Waals surface area contributed by atoms with Crippen LogP contribution >= 0.6 is 0 Å². The Bertz CT molecular complexity index is 557. The van der Waals surface area contributed by atoms with Gasteiger partial charge in [0.15, 0.2) is 0 Å². The minimum absolute atomic E-state index is 0.0159. The molecule has 3 N–H and O–H groups in total. The molecule has 0 saturated heterocycles. The Hall–Kier alpha value is -2.15. The summed E-state index contributed by atoms with van der Waals surface area (Å²) in [6.45, 7) is 5.70. The van der Waals surface area contributed by atoms with Crippen LogP contribution < -0.4 is 0 Å². The van der Waals surface area contributed by atoms with Crippen molar-refractivity contribution in [2.24, 2.45) is 0 Å². The summed E-state index contributed by atoms with van der Waals surface area (Å²) in [5.41, 5.74) is -0.0159.